The lowest BCUT2D eigenvalue weighted by molar-refractivity contribution is 0.0846. The molecule has 2 aliphatic rings. The molecule has 1 aliphatic carbocycles. The van der Waals surface area contributed by atoms with Crippen LogP contribution in [-0.2, 0) is 10.2 Å². The number of aromatic amines is 1. The van der Waals surface area contributed by atoms with Crippen molar-refractivity contribution in [3.8, 4) is 11.3 Å². The first-order chi connectivity index (χ1) is 17.6. The highest BCUT2D eigenvalue weighted by Crippen LogP contribution is 2.43. The molecule has 1 aromatic carbocycles. The number of carbonyl (C=O) groups is 1. The largest absolute Gasteiger partial charge is 0.391 e. The smallest absolute Gasteiger partial charge is 0.319 e. The predicted octanol–water partition coefficient (Wildman–Crippen LogP) is 4.86. The minimum atomic E-state index is -1.02. The summed E-state index contributed by atoms with van der Waals surface area (Å²) in [5, 5.41) is 23.4. The summed E-state index contributed by atoms with van der Waals surface area (Å²) >= 11 is 0. The number of hydrogen-bond donors (Lipinski definition) is 4. The van der Waals surface area contributed by atoms with E-state index in [4.69, 9.17) is 9.72 Å². The molecule has 1 aliphatic heterocycles. The zero-order chi connectivity index (χ0) is 26.3. The highest BCUT2D eigenvalue weighted by Gasteiger charge is 2.40. The highest BCUT2D eigenvalue weighted by molar-refractivity contribution is 5.91. The van der Waals surface area contributed by atoms with Crippen molar-refractivity contribution in [2.75, 3.05) is 18.5 Å². The van der Waals surface area contributed by atoms with Crippen molar-refractivity contribution in [2.24, 2.45) is 0 Å². The van der Waals surface area contributed by atoms with Crippen LogP contribution < -0.4 is 10.6 Å². The van der Waals surface area contributed by atoms with Crippen molar-refractivity contribution in [3.63, 3.8) is 0 Å². The van der Waals surface area contributed by atoms with Gasteiger partial charge in [0.1, 0.15) is 0 Å². The first-order valence-corrected chi connectivity index (χ1v) is 12.5. The van der Waals surface area contributed by atoms with Gasteiger partial charge in [0, 0.05) is 30.9 Å². The molecule has 3 aromatic rings. The Labute approximate surface area is 213 Å². The van der Waals surface area contributed by atoms with E-state index < -0.39 is 35.2 Å². The lowest BCUT2D eigenvalue weighted by atomic mass is 9.69. The van der Waals surface area contributed by atoms with Crippen molar-refractivity contribution >= 4 is 11.7 Å². The maximum atomic E-state index is 14.2. The van der Waals surface area contributed by atoms with Gasteiger partial charge in [-0.2, -0.15) is 5.10 Å². The average molecular weight is 512 g/mol. The monoisotopic (exact) mass is 511 g/mol. The number of pyridine rings is 1. The van der Waals surface area contributed by atoms with E-state index in [0.29, 0.717) is 30.0 Å². The number of H-pyrrole nitrogens is 1. The topological polar surface area (TPSA) is 112 Å². The third-order valence-corrected chi connectivity index (χ3v) is 7.42. The summed E-state index contributed by atoms with van der Waals surface area (Å²) in [6, 6.07) is 2.64. The molecule has 3 heterocycles. The summed E-state index contributed by atoms with van der Waals surface area (Å²) < 4.78 is 33.8. The summed E-state index contributed by atoms with van der Waals surface area (Å²) in [6.45, 7) is 6.84. The van der Waals surface area contributed by atoms with Crippen LogP contribution in [0.1, 0.15) is 67.5 Å². The molecular formula is C27H31F2N5O3. The number of carbonyl (C=O) groups excluding carboxylic acids is 1. The van der Waals surface area contributed by atoms with Gasteiger partial charge in [-0.15, -0.1) is 0 Å². The van der Waals surface area contributed by atoms with E-state index >= 15 is 0 Å². The summed E-state index contributed by atoms with van der Waals surface area (Å²) in [5.74, 6) is -1.88. The molecule has 4 N–H and O–H groups in total. The highest BCUT2D eigenvalue weighted by atomic mass is 19.2. The van der Waals surface area contributed by atoms with Crippen molar-refractivity contribution in [2.45, 2.75) is 63.5 Å². The molecule has 2 aromatic heterocycles. The SMILES string of the molecule is Cc1cc(NC(=O)N[C@@H]2c3cc(F)c(F)cc3C(C)(C)C[C@@H]2O)c(C2CCOCC2)nc1-c1cn[nH]c1. The zero-order valence-corrected chi connectivity index (χ0v) is 21.1. The van der Waals surface area contributed by atoms with Crippen LogP contribution in [0.5, 0.6) is 0 Å². The Balaban J connectivity index is 1.45. The molecule has 0 bridgehead atoms. The number of hydrogen-bond acceptors (Lipinski definition) is 5. The number of amides is 2. The number of benzene rings is 1. The number of fused-ring (bicyclic) bond motifs is 1. The number of aromatic nitrogens is 3. The van der Waals surface area contributed by atoms with Crippen LogP contribution in [0, 0.1) is 18.6 Å². The Bertz CT molecular complexity index is 1310. The molecule has 10 heteroatoms. The fourth-order valence-electron chi connectivity index (χ4n) is 5.52. The van der Waals surface area contributed by atoms with Gasteiger partial charge in [-0.1, -0.05) is 13.8 Å². The average Bonchev–Trinajstić information content (AvgIpc) is 3.38. The summed E-state index contributed by atoms with van der Waals surface area (Å²) in [5.41, 5.74) is 4.13. The van der Waals surface area contributed by atoms with Gasteiger partial charge < -0.3 is 20.5 Å². The third-order valence-electron chi connectivity index (χ3n) is 7.42. The number of halogens is 2. The molecule has 37 heavy (non-hydrogen) atoms. The zero-order valence-electron chi connectivity index (χ0n) is 21.1. The van der Waals surface area contributed by atoms with Crippen LogP contribution in [0.4, 0.5) is 19.3 Å². The molecule has 2 atom stereocenters. The van der Waals surface area contributed by atoms with Crippen LogP contribution in [0.25, 0.3) is 11.3 Å². The molecule has 0 spiro atoms. The Morgan fingerprint density at radius 3 is 2.62 bits per heavy atom. The number of ether oxygens (including phenoxy) is 1. The van der Waals surface area contributed by atoms with Gasteiger partial charge in [-0.3, -0.25) is 5.10 Å². The Kier molecular flexibility index (Phi) is 6.72. The first-order valence-electron chi connectivity index (χ1n) is 12.5. The molecule has 1 fully saturated rings. The maximum absolute atomic E-state index is 14.2. The molecule has 2 amide bonds. The Hall–Kier alpha value is -3.37. The van der Waals surface area contributed by atoms with Crippen LogP contribution in [0.3, 0.4) is 0 Å². The van der Waals surface area contributed by atoms with Crippen molar-refractivity contribution in [1.82, 2.24) is 20.5 Å². The predicted molar refractivity (Wildman–Crippen MR) is 134 cm³/mol. The van der Waals surface area contributed by atoms with Crippen molar-refractivity contribution < 1.29 is 23.4 Å². The molecular weight excluding hydrogens is 480 g/mol. The summed E-state index contributed by atoms with van der Waals surface area (Å²) in [6.07, 6.45) is 4.32. The van der Waals surface area contributed by atoms with Gasteiger partial charge in [0.2, 0.25) is 0 Å². The minimum Gasteiger partial charge on any atom is -0.391 e. The minimum absolute atomic E-state index is 0.0918. The second-order valence-electron chi connectivity index (χ2n) is 10.5. The molecule has 8 nitrogen and oxygen atoms in total. The van der Waals surface area contributed by atoms with Gasteiger partial charge in [0.05, 0.1) is 35.4 Å². The van der Waals surface area contributed by atoms with Gasteiger partial charge >= 0.3 is 6.03 Å². The molecule has 0 saturated carbocycles. The van der Waals surface area contributed by atoms with E-state index in [-0.39, 0.29) is 12.3 Å². The number of aryl methyl sites for hydroxylation is 1. The fourth-order valence-corrected chi connectivity index (χ4v) is 5.52. The number of urea groups is 1. The standard InChI is InChI=1S/C27H31F2N5O3/c1-14-8-21(24(15-4-6-37-7-5-15)33-23(14)16-12-30-31-13-16)32-26(36)34-25-17-9-19(28)20(29)10-18(17)27(2,3)11-22(25)35/h8-10,12-13,15,22,25,35H,4-7,11H2,1-3H3,(H,30,31)(H2,32,34,36)/t22-,25+/m0/s1. The number of anilines is 1. The summed E-state index contributed by atoms with van der Waals surface area (Å²) in [7, 11) is 0. The van der Waals surface area contributed by atoms with E-state index in [1.165, 1.54) is 0 Å². The van der Waals surface area contributed by atoms with E-state index in [1.54, 1.807) is 12.4 Å². The van der Waals surface area contributed by atoms with Gasteiger partial charge in [0.15, 0.2) is 11.6 Å². The van der Waals surface area contributed by atoms with Gasteiger partial charge in [0.25, 0.3) is 0 Å². The second kappa shape index (κ2) is 9.83. The molecule has 1 saturated heterocycles. The molecule has 0 unspecified atom stereocenters. The lowest BCUT2D eigenvalue weighted by Crippen LogP contribution is -2.45. The number of aliphatic hydroxyl groups excluding tert-OH is 1. The van der Waals surface area contributed by atoms with Crippen LogP contribution in [-0.4, -0.2) is 45.6 Å². The first kappa shape index (κ1) is 25.3. The van der Waals surface area contributed by atoms with Crippen LogP contribution in [0.2, 0.25) is 0 Å². The quantitative estimate of drug-likeness (QED) is 0.400. The fraction of sp³-hybridized carbons (Fsp3) is 0.444. The number of nitrogens with one attached hydrogen (secondary N) is 3. The van der Waals surface area contributed by atoms with Crippen LogP contribution >= 0.6 is 0 Å². The molecule has 196 valence electrons. The van der Waals surface area contributed by atoms with Crippen LogP contribution in [0.15, 0.2) is 30.6 Å². The lowest BCUT2D eigenvalue weighted by Gasteiger charge is -2.40. The third kappa shape index (κ3) is 4.95. The summed E-state index contributed by atoms with van der Waals surface area (Å²) in [4.78, 5) is 18.2. The number of rotatable bonds is 4. The van der Waals surface area contributed by atoms with E-state index in [2.05, 4.69) is 20.8 Å². The molecule has 0 radical (unpaired) electrons. The second-order valence-corrected chi connectivity index (χ2v) is 10.5. The maximum Gasteiger partial charge on any atom is 0.319 e. The normalized spacial score (nSPS) is 21.4. The Morgan fingerprint density at radius 1 is 1.19 bits per heavy atom. The van der Waals surface area contributed by atoms with Crippen molar-refractivity contribution in [1.29, 1.82) is 0 Å². The Morgan fingerprint density at radius 2 is 1.92 bits per heavy atom. The van der Waals surface area contributed by atoms with Crippen molar-refractivity contribution in [3.05, 3.63) is 64.6 Å². The van der Waals surface area contributed by atoms with E-state index in [0.717, 1.165) is 47.5 Å². The van der Waals surface area contributed by atoms with E-state index in [1.807, 2.05) is 26.8 Å². The molecule has 5 rings (SSSR count). The number of aliphatic hydroxyl groups is 1. The number of nitrogens with zero attached hydrogens (tertiary/aromatic N) is 2. The van der Waals surface area contributed by atoms with E-state index in [9.17, 15) is 18.7 Å². The van der Waals surface area contributed by atoms with Gasteiger partial charge in [-0.05, 0) is 66.5 Å². The van der Waals surface area contributed by atoms with Gasteiger partial charge in [-0.25, -0.2) is 18.6 Å².